The predicted octanol–water partition coefficient (Wildman–Crippen LogP) is 7.74. The maximum atomic E-state index is 13.0. The van der Waals surface area contributed by atoms with Gasteiger partial charge in [-0.1, -0.05) is 125 Å². The van der Waals surface area contributed by atoms with Gasteiger partial charge in [-0.3, -0.25) is 19.0 Å². The maximum Gasteiger partial charge on any atom is 0.240 e. The Kier molecular flexibility index (Phi) is 15.6. The standard InChI is InChI=1S/2C22H30N4OS.ClH/c2*23-18(15-28)22(27)25-11-12-26-21(20(25)13-16-7-3-1-4-8-16)14-19(24-26)17-9-5-2-6-10-17;/h2*2,5-6,9-10,14,16,18,20,28H,1,3-4,7-8,11-13,15,23H2;1H/t2*18-,20+;/m00./s1. The van der Waals surface area contributed by atoms with Gasteiger partial charge >= 0.3 is 0 Å². The molecular weight excluding hydrogens is 772 g/mol. The third kappa shape index (κ3) is 10.3. The van der Waals surface area contributed by atoms with Gasteiger partial charge < -0.3 is 21.3 Å². The highest BCUT2D eigenvalue weighted by Crippen LogP contribution is 2.40. The summed E-state index contributed by atoms with van der Waals surface area (Å²) < 4.78 is 4.21. The number of rotatable bonds is 10. The first-order chi connectivity index (χ1) is 27.3. The fraction of sp³-hybridized carbons (Fsp3) is 0.545. The van der Waals surface area contributed by atoms with Crippen molar-refractivity contribution in [2.24, 2.45) is 23.3 Å². The minimum absolute atomic E-state index is 0. The van der Waals surface area contributed by atoms with Gasteiger partial charge in [0.25, 0.3) is 0 Å². The summed E-state index contributed by atoms with van der Waals surface area (Å²) >= 11 is 8.50. The van der Waals surface area contributed by atoms with Gasteiger partial charge in [0, 0.05) is 35.7 Å². The highest BCUT2D eigenvalue weighted by molar-refractivity contribution is 7.80. The van der Waals surface area contributed by atoms with Gasteiger partial charge in [-0.15, -0.1) is 12.4 Å². The molecule has 4 aliphatic rings. The zero-order valence-corrected chi connectivity index (χ0v) is 35.7. The normalized spacial score (nSPS) is 21.0. The highest BCUT2D eigenvalue weighted by atomic mass is 35.5. The first-order valence-corrected chi connectivity index (χ1v) is 22.2. The molecule has 2 aliphatic carbocycles. The number of benzene rings is 2. The third-order valence-corrected chi connectivity index (χ3v) is 13.2. The molecule has 0 spiro atoms. The van der Waals surface area contributed by atoms with E-state index in [1.807, 2.05) is 46.2 Å². The van der Waals surface area contributed by atoms with Gasteiger partial charge in [-0.25, -0.2) is 0 Å². The van der Waals surface area contributed by atoms with Crippen molar-refractivity contribution in [3.05, 3.63) is 84.2 Å². The quantitative estimate of drug-likeness (QED) is 0.121. The monoisotopic (exact) mass is 832 g/mol. The van der Waals surface area contributed by atoms with Crippen molar-refractivity contribution in [1.29, 1.82) is 0 Å². The summed E-state index contributed by atoms with van der Waals surface area (Å²) in [6, 6.07) is 23.9. The Morgan fingerprint density at radius 1 is 0.596 bits per heavy atom. The summed E-state index contributed by atoms with van der Waals surface area (Å²) in [5, 5.41) is 9.71. The molecular formula is C44H61ClN8O2S2. The van der Waals surface area contributed by atoms with Gasteiger partial charge in [0.2, 0.25) is 11.8 Å². The molecule has 2 saturated carbocycles. The lowest BCUT2D eigenvalue weighted by Gasteiger charge is -2.39. The molecule has 4 heterocycles. The minimum atomic E-state index is -0.541. The Hall–Kier alpha value is -3.29. The Labute approximate surface area is 355 Å². The Balaban J connectivity index is 0.000000189. The van der Waals surface area contributed by atoms with E-state index in [0.29, 0.717) is 49.5 Å². The van der Waals surface area contributed by atoms with Gasteiger partial charge in [-0.05, 0) is 36.8 Å². The molecule has 4 N–H and O–H groups in total. The number of amides is 2. The molecule has 4 atom stereocenters. The van der Waals surface area contributed by atoms with Gasteiger partial charge in [-0.2, -0.15) is 35.5 Å². The largest absolute Gasteiger partial charge is 0.331 e. The van der Waals surface area contributed by atoms with Crippen LogP contribution in [0.5, 0.6) is 0 Å². The van der Waals surface area contributed by atoms with E-state index in [1.165, 1.54) is 64.2 Å². The molecule has 0 unspecified atom stereocenters. The molecule has 13 heteroatoms. The number of thiol groups is 2. The molecule has 308 valence electrons. The second kappa shape index (κ2) is 20.6. The van der Waals surface area contributed by atoms with Crippen LogP contribution < -0.4 is 11.5 Å². The maximum absolute atomic E-state index is 13.0. The van der Waals surface area contributed by atoms with E-state index in [0.717, 1.165) is 46.7 Å². The summed E-state index contributed by atoms with van der Waals surface area (Å²) in [6.45, 7) is 2.77. The summed E-state index contributed by atoms with van der Waals surface area (Å²) in [5.74, 6) is 2.12. The van der Waals surface area contributed by atoms with Crippen LogP contribution in [-0.2, 0) is 22.7 Å². The first-order valence-electron chi connectivity index (χ1n) is 20.9. The van der Waals surface area contributed by atoms with Crippen molar-refractivity contribution in [1.82, 2.24) is 29.4 Å². The molecule has 4 aromatic rings. The fourth-order valence-electron chi connectivity index (χ4n) is 9.38. The lowest BCUT2D eigenvalue weighted by Crippen LogP contribution is -2.50. The topological polar surface area (TPSA) is 128 Å². The van der Waals surface area contributed by atoms with Crippen LogP contribution in [0.1, 0.15) is 101 Å². The summed E-state index contributed by atoms with van der Waals surface area (Å²) in [4.78, 5) is 30.0. The fourth-order valence-corrected chi connectivity index (χ4v) is 9.69. The smallest absolute Gasteiger partial charge is 0.240 e. The molecule has 0 radical (unpaired) electrons. The van der Waals surface area contributed by atoms with E-state index >= 15 is 0 Å². The van der Waals surface area contributed by atoms with Crippen molar-refractivity contribution < 1.29 is 9.59 Å². The first kappa shape index (κ1) is 43.3. The summed E-state index contributed by atoms with van der Waals surface area (Å²) in [5.41, 5.74) is 18.6. The number of carbonyl (C=O) groups is 2. The van der Waals surface area contributed by atoms with Crippen LogP contribution >= 0.6 is 37.7 Å². The number of carbonyl (C=O) groups excluding carboxylic acids is 2. The number of aromatic nitrogens is 4. The molecule has 2 fully saturated rings. The number of halogens is 1. The van der Waals surface area contributed by atoms with Gasteiger partial charge in [0.15, 0.2) is 0 Å². The molecule has 8 rings (SSSR count). The van der Waals surface area contributed by atoms with E-state index < -0.39 is 12.1 Å². The van der Waals surface area contributed by atoms with E-state index in [1.54, 1.807) is 0 Å². The molecule has 57 heavy (non-hydrogen) atoms. The van der Waals surface area contributed by atoms with Crippen molar-refractivity contribution in [3.63, 3.8) is 0 Å². The number of fused-ring (bicyclic) bond motifs is 2. The van der Waals surface area contributed by atoms with Crippen LogP contribution in [0.4, 0.5) is 0 Å². The minimum Gasteiger partial charge on any atom is -0.331 e. The van der Waals surface area contributed by atoms with E-state index in [9.17, 15) is 9.59 Å². The van der Waals surface area contributed by atoms with Crippen LogP contribution in [0, 0.1) is 11.8 Å². The molecule has 0 saturated heterocycles. The van der Waals surface area contributed by atoms with Crippen LogP contribution in [0.3, 0.4) is 0 Å². The lowest BCUT2D eigenvalue weighted by atomic mass is 9.83. The summed E-state index contributed by atoms with van der Waals surface area (Å²) in [7, 11) is 0. The predicted molar refractivity (Wildman–Crippen MR) is 238 cm³/mol. The zero-order valence-electron chi connectivity index (χ0n) is 33.1. The van der Waals surface area contributed by atoms with Crippen LogP contribution in [-0.4, -0.2) is 77.9 Å². The molecule has 2 aliphatic heterocycles. The molecule has 10 nitrogen and oxygen atoms in total. The number of hydrogen-bond donors (Lipinski definition) is 4. The van der Waals surface area contributed by atoms with Gasteiger partial charge in [0.05, 0.1) is 60.0 Å². The van der Waals surface area contributed by atoms with Crippen molar-refractivity contribution in [3.8, 4) is 22.5 Å². The SMILES string of the molecule is Cl.N[C@@H](CS)C(=O)N1CCn2nc(-c3ccccc3)cc2[C@H]1CC1CCCCC1.N[C@@H](CS)C(=O)N1CCn2nc(-c3ccccc3)cc2[C@H]1CC1CCCCC1. The van der Waals surface area contributed by atoms with Crippen LogP contribution in [0.2, 0.25) is 0 Å². The van der Waals surface area contributed by atoms with E-state index in [-0.39, 0.29) is 36.3 Å². The highest BCUT2D eigenvalue weighted by Gasteiger charge is 2.37. The Morgan fingerprint density at radius 2 is 0.965 bits per heavy atom. The number of hydrogen-bond acceptors (Lipinski definition) is 8. The average molecular weight is 834 g/mol. The number of nitrogens with zero attached hydrogens (tertiary/aromatic N) is 6. The molecule has 2 amide bonds. The van der Waals surface area contributed by atoms with E-state index in [4.69, 9.17) is 21.7 Å². The lowest BCUT2D eigenvalue weighted by molar-refractivity contribution is -0.137. The second-order valence-electron chi connectivity index (χ2n) is 16.2. The van der Waals surface area contributed by atoms with Crippen LogP contribution in [0.15, 0.2) is 72.8 Å². The second-order valence-corrected chi connectivity index (χ2v) is 17.0. The molecule has 2 aromatic heterocycles. The Morgan fingerprint density at radius 3 is 1.32 bits per heavy atom. The summed E-state index contributed by atoms with van der Waals surface area (Å²) in [6.07, 6.45) is 14.9. The van der Waals surface area contributed by atoms with E-state index in [2.05, 4.69) is 71.0 Å². The average Bonchev–Trinajstić information content (AvgIpc) is 3.90. The van der Waals surface area contributed by atoms with Crippen molar-refractivity contribution in [2.45, 2.75) is 114 Å². The molecule has 0 bridgehead atoms. The number of nitrogens with two attached hydrogens (primary N) is 2. The van der Waals surface area contributed by atoms with Gasteiger partial charge in [0.1, 0.15) is 0 Å². The third-order valence-electron chi connectivity index (χ3n) is 12.5. The van der Waals surface area contributed by atoms with Crippen molar-refractivity contribution in [2.75, 3.05) is 24.6 Å². The molecule has 2 aromatic carbocycles. The zero-order chi connectivity index (χ0) is 39.0. The van der Waals surface area contributed by atoms with Crippen molar-refractivity contribution >= 4 is 49.5 Å². The van der Waals surface area contributed by atoms with Crippen LogP contribution in [0.25, 0.3) is 22.5 Å². The Bertz CT molecular complexity index is 1740.